The standard InChI is InChI=1S/C13H17N3O2/c1-4-5-6-7-14-10-8-15-12(9(2)3)16-11(10)13(17)18/h1,8-9,14H,5-7H2,2-3H3,(H,17,18). The number of anilines is 1. The van der Waals surface area contributed by atoms with Gasteiger partial charge in [-0.05, 0) is 6.42 Å². The number of hydrogen-bond acceptors (Lipinski definition) is 4. The van der Waals surface area contributed by atoms with Gasteiger partial charge in [-0.1, -0.05) is 13.8 Å². The zero-order valence-electron chi connectivity index (χ0n) is 10.6. The van der Waals surface area contributed by atoms with E-state index < -0.39 is 5.97 Å². The lowest BCUT2D eigenvalue weighted by Crippen LogP contribution is -2.12. The molecule has 5 heteroatoms. The van der Waals surface area contributed by atoms with E-state index in [1.807, 2.05) is 13.8 Å². The minimum Gasteiger partial charge on any atom is -0.476 e. The average Bonchev–Trinajstić information content (AvgIpc) is 2.34. The van der Waals surface area contributed by atoms with Crippen molar-refractivity contribution in [2.75, 3.05) is 11.9 Å². The van der Waals surface area contributed by atoms with Crippen LogP contribution in [0, 0.1) is 12.3 Å². The molecule has 0 radical (unpaired) electrons. The molecule has 0 amide bonds. The highest BCUT2D eigenvalue weighted by molar-refractivity contribution is 5.91. The minimum atomic E-state index is -1.06. The first-order valence-electron chi connectivity index (χ1n) is 5.83. The van der Waals surface area contributed by atoms with Crippen LogP contribution in [0.4, 0.5) is 5.69 Å². The number of unbranched alkanes of at least 4 members (excludes halogenated alkanes) is 1. The lowest BCUT2D eigenvalue weighted by Gasteiger charge is -2.10. The van der Waals surface area contributed by atoms with Gasteiger partial charge in [-0.2, -0.15) is 0 Å². The minimum absolute atomic E-state index is 0.00871. The number of aromatic nitrogens is 2. The van der Waals surface area contributed by atoms with Crippen LogP contribution in [0.5, 0.6) is 0 Å². The maximum Gasteiger partial charge on any atom is 0.356 e. The molecule has 0 atom stereocenters. The highest BCUT2D eigenvalue weighted by atomic mass is 16.4. The molecular weight excluding hydrogens is 230 g/mol. The highest BCUT2D eigenvalue weighted by Gasteiger charge is 2.15. The van der Waals surface area contributed by atoms with Crippen LogP contribution in [0.3, 0.4) is 0 Å². The first-order valence-corrected chi connectivity index (χ1v) is 5.83. The Kier molecular flexibility index (Phi) is 5.12. The van der Waals surface area contributed by atoms with Gasteiger partial charge in [0, 0.05) is 18.9 Å². The monoisotopic (exact) mass is 247 g/mol. The summed E-state index contributed by atoms with van der Waals surface area (Å²) in [5, 5.41) is 12.1. The molecule has 2 N–H and O–H groups in total. The molecule has 5 nitrogen and oxygen atoms in total. The van der Waals surface area contributed by atoms with Crippen LogP contribution >= 0.6 is 0 Å². The summed E-state index contributed by atoms with van der Waals surface area (Å²) in [6, 6.07) is 0. The van der Waals surface area contributed by atoms with Crippen LogP contribution in [0.1, 0.15) is 48.9 Å². The molecule has 0 bridgehead atoms. The number of nitrogens with zero attached hydrogens (tertiary/aromatic N) is 2. The molecule has 96 valence electrons. The molecule has 0 aliphatic rings. The Hall–Kier alpha value is -2.09. The zero-order chi connectivity index (χ0) is 13.5. The number of nitrogens with one attached hydrogen (secondary N) is 1. The molecule has 0 unspecified atom stereocenters. The van der Waals surface area contributed by atoms with Crippen molar-refractivity contribution in [3.05, 3.63) is 17.7 Å². The van der Waals surface area contributed by atoms with Crippen LogP contribution in [-0.2, 0) is 0 Å². The van der Waals surface area contributed by atoms with Gasteiger partial charge in [0.1, 0.15) is 5.82 Å². The highest BCUT2D eigenvalue weighted by Crippen LogP contribution is 2.16. The Labute approximate surface area is 107 Å². The molecule has 0 aliphatic heterocycles. The summed E-state index contributed by atoms with van der Waals surface area (Å²) in [5.74, 6) is 2.10. The second-order valence-electron chi connectivity index (χ2n) is 4.18. The van der Waals surface area contributed by atoms with Crippen molar-refractivity contribution in [1.82, 2.24) is 9.97 Å². The van der Waals surface area contributed by atoms with Crippen LogP contribution in [0.15, 0.2) is 6.20 Å². The Morgan fingerprint density at radius 1 is 1.61 bits per heavy atom. The van der Waals surface area contributed by atoms with Gasteiger partial charge in [0.05, 0.1) is 11.9 Å². The number of carboxylic acids is 1. The number of rotatable bonds is 6. The van der Waals surface area contributed by atoms with E-state index in [1.54, 1.807) is 0 Å². The topological polar surface area (TPSA) is 75.1 Å². The summed E-state index contributed by atoms with van der Waals surface area (Å²) in [6.45, 7) is 4.44. The van der Waals surface area contributed by atoms with Gasteiger partial charge < -0.3 is 10.4 Å². The maximum atomic E-state index is 11.1. The maximum absolute atomic E-state index is 11.1. The molecule has 1 heterocycles. The fraction of sp³-hybridized carbons (Fsp3) is 0.462. The van der Waals surface area contributed by atoms with Gasteiger partial charge in [-0.25, -0.2) is 14.8 Å². The quantitative estimate of drug-likeness (QED) is 0.595. The molecule has 0 aliphatic carbocycles. The van der Waals surface area contributed by atoms with Gasteiger partial charge in [0.2, 0.25) is 0 Å². The van der Waals surface area contributed by atoms with Crippen molar-refractivity contribution in [1.29, 1.82) is 0 Å². The van der Waals surface area contributed by atoms with E-state index in [0.29, 0.717) is 24.5 Å². The SMILES string of the molecule is C#CCCCNc1cnc(C(C)C)nc1C(=O)O. The number of hydrogen-bond donors (Lipinski definition) is 2. The first kappa shape index (κ1) is 14.0. The van der Waals surface area contributed by atoms with E-state index in [1.165, 1.54) is 6.20 Å². The first-order chi connectivity index (χ1) is 8.56. The van der Waals surface area contributed by atoms with Crippen molar-refractivity contribution < 1.29 is 9.90 Å². The Balaban J connectivity index is 2.84. The smallest absolute Gasteiger partial charge is 0.356 e. The van der Waals surface area contributed by atoms with Crippen molar-refractivity contribution in [2.45, 2.75) is 32.6 Å². The summed E-state index contributed by atoms with van der Waals surface area (Å²) in [6.07, 6.45) is 8.09. The molecular formula is C13H17N3O2. The predicted octanol–water partition coefficient (Wildman–Crippen LogP) is 2.12. The fourth-order valence-electron chi connectivity index (χ4n) is 1.38. The molecule has 18 heavy (non-hydrogen) atoms. The van der Waals surface area contributed by atoms with Crippen molar-refractivity contribution >= 4 is 11.7 Å². The Morgan fingerprint density at radius 2 is 2.33 bits per heavy atom. The number of terminal acetylenes is 1. The molecule has 0 fully saturated rings. The van der Waals surface area contributed by atoms with Gasteiger partial charge in [0.25, 0.3) is 0 Å². The molecule has 0 saturated heterocycles. The molecule has 0 saturated carbocycles. The predicted molar refractivity (Wildman–Crippen MR) is 69.6 cm³/mol. The summed E-state index contributed by atoms with van der Waals surface area (Å²) in [4.78, 5) is 19.3. The third-order valence-corrected chi connectivity index (χ3v) is 2.34. The molecule has 0 aromatic carbocycles. The Bertz CT molecular complexity index is 464. The van der Waals surface area contributed by atoms with E-state index in [9.17, 15) is 4.79 Å². The molecule has 1 aromatic rings. The van der Waals surface area contributed by atoms with Crippen molar-refractivity contribution in [2.24, 2.45) is 0 Å². The van der Waals surface area contributed by atoms with Crippen molar-refractivity contribution in [3.63, 3.8) is 0 Å². The average molecular weight is 247 g/mol. The van der Waals surface area contributed by atoms with Crippen LogP contribution in [0.25, 0.3) is 0 Å². The Morgan fingerprint density at radius 3 is 2.89 bits per heavy atom. The summed E-state index contributed by atoms with van der Waals surface area (Å²) in [7, 11) is 0. The second kappa shape index (κ2) is 6.60. The third-order valence-electron chi connectivity index (χ3n) is 2.34. The molecule has 1 rings (SSSR count). The summed E-state index contributed by atoms with van der Waals surface area (Å²) in [5.41, 5.74) is 0.443. The number of carbonyl (C=O) groups is 1. The van der Waals surface area contributed by atoms with Crippen LogP contribution < -0.4 is 5.32 Å². The lowest BCUT2D eigenvalue weighted by molar-refractivity contribution is 0.0691. The van der Waals surface area contributed by atoms with Crippen LogP contribution in [-0.4, -0.2) is 27.6 Å². The number of aromatic carboxylic acids is 1. The van der Waals surface area contributed by atoms with Crippen LogP contribution in [0.2, 0.25) is 0 Å². The van der Waals surface area contributed by atoms with E-state index in [-0.39, 0.29) is 11.6 Å². The lowest BCUT2D eigenvalue weighted by atomic mass is 10.2. The molecule has 0 spiro atoms. The van der Waals surface area contributed by atoms with Gasteiger partial charge in [-0.15, -0.1) is 12.3 Å². The van der Waals surface area contributed by atoms with E-state index in [0.717, 1.165) is 6.42 Å². The summed E-state index contributed by atoms with van der Waals surface area (Å²) >= 11 is 0. The second-order valence-corrected chi connectivity index (χ2v) is 4.18. The van der Waals surface area contributed by atoms with Crippen molar-refractivity contribution in [3.8, 4) is 12.3 Å². The van der Waals surface area contributed by atoms with E-state index >= 15 is 0 Å². The zero-order valence-corrected chi connectivity index (χ0v) is 10.6. The van der Waals surface area contributed by atoms with Gasteiger partial charge in [-0.3, -0.25) is 0 Å². The van der Waals surface area contributed by atoms with Gasteiger partial charge >= 0.3 is 5.97 Å². The van der Waals surface area contributed by atoms with E-state index in [2.05, 4.69) is 21.2 Å². The summed E-state index contributed by atoms with van der Waals surface area (Å²) < 4.78 is 0. The fourth-order valence-corrected chi connectivity index (χ4v) is 1.38. The number of carboxylic acid groups (broad SMARTS) is 1. The largest absolute Gasteiger partial charge is 0.476 e. The molecule has 1 aromatic heterocycles. The normalized spacial score (nSPS) is 10.1. The van der Waals surface area contributed by atoms with Gasteiger partial charge in [0.15, 0.2) is 5.69 Å². The third kappa shape index (κ3) is 3.74. The van der Waals surface area contributed by atoms with E-state index in [4.69, 9.17) is 11.5 Å².